The van der Waals surface area contributed by atoms with E-state index < -0.39 is 0 Å². The monoisotopic (exact) mass is 198 g/mol. The van der Waals surface area contributed by atoms with Gasteiger partial charge < -0.3 is 9.53 Å². The lowest BCUT2D eigenvalue weighted by molar-refractivity contribution is -0.135. The van der Waals surface area contributed by atoms with Gasteiger partial charge >= 0.3 is 5.97 Å². The molecule has 0 bridgehead atoms. The van der Waals surface area contributed by atoms with Gasteiger partial charge in [-0.2, -0.15) is 0 Å². The number of aldehydes is 1. The van der Waals surface area contributed by atoms with Gasteiger partial charge in [0.2, 0.25) is 0 Å². The molecule has 0 N–H and O–H groups in total. The maximum atomic E-state index is 10.2. The quantitative estimate of drug-likeness (QED) is 0.389. The molecule has 80 valence electrons. The van der Waals surface area contributed by atoms with Crippen molar-refractivity contribution in [3.63, 3.8) is 0 Å². The standard InChI is InChI=1S/C7H12O.C4H6O2/c8-6-7-4-2-1-3-5-7;1-3-6-4(2)5/h6-7H,1-5H2;3H,1H2,2H3. The molecule has 0 spiro atoms. The Hall–Kier alpha value is -1.12. The molecule has 1 aliphatic rings. The van der Waals surface area contributed by atoms with E-state index in [2.05, 4.69) is 11.3 Å². The van der Waals surface area contributed by atoms with E-state index in [1.807, 2.05) is 0 Å². The molecular weight excluding hydrogens is 180 g/mol. The molecule has 0 heterocycles. The van der Waals surface area contributed by atoms with Crippen LogP contribution >= 0.6 is 0 Å². The molecule has 1 rings (SSSR count). The fourth-order valence-electron chi connectivity index (χ4n) is 1.39. The summed E-state index contributed by atoms with van der Waals surface area (Å²) in [5.74, 6) is 0.0775. The molecule has 1 fully saturated rings. The second-order valence-electron chi connectivity index (χ2n) is 3.31. The SMILES string of the molecule is C=COC(C)=O.O=CC1CCCCC1. The number of hydrogen-bond acceptors (Lipinski definition) is 3. The number of rotatable bonds is 2. The summed E-state index contributed by atoms with van der Waals surface area (Å²) in [7, 11) is 0. The van der Waals surface area contributed by atoms with Crippen molar-refractivity contribution in [1.82, 2.24) is 0 Å². The van der Waals surface area contributed by atoms with E-state index in [4.69, 9.17) is 0 Å². The van der Waals surface area contributed by atoms with E-state index in [0.717, 1.165) is 25.4 Å². The van der Waals surface area contributed by atoms with Crippen molar-refractivity contribution in [2.45, 2.75) is 39.0 Å². The molecule has 0 saturated heterocycles. The van der Waals surface area contributed by atoms with Gasteiger partial charge in [-0.15, -0.1) is 0 Å². The van der Waals surface area contributed by atoms with E-state index in [0.29, 0.717) is 5.92 Å². The van der Waals surface area contributed by atoms with Crippen LogP contribution in [0.25, 0.3) is 0 Å². The molecular formula is C11H18O3. The van der Waals surface area contributed by atoms with Gasteiger partial charge in [-0.05, 0) is 12.8 Å². The predicted molar refractivity (Wildman–Crippen MR) is 54.6 cm³/mol. The van der Waals surface area contributed by atoms with Crippen molar-refractivity contribution in [3.05, 3.63) is 12.8 Å². The minimum absolute atomic E-state index is 0.329. The lowest BCUT2D eigenvalue weighted by atomic mass is 9.91. The van der Waals surface area contributed by atoms with Crippen LogP contribution in [0, 0.1) is 5.92 Å². The lowest BCUT2D eigenvalue weighted by Crippen LogP contribution is -2.06. The van der Waals surface area contributed by atoms with Crippen molar-refractivity contribution in [3.8, 4) is 0 Å². The van der Waals surface area contributed by atoms with Crippen LogP contribution in [0.2, 0.25) is 0 Å². The first-order chi connectivity index (χ1) is 6.70. The minimum atomic E-state index is -0.329. The van der Waals surface area contributed by atoms with E-state index in [1.54, 1.807) is 0 Å². The topological polar surface area (TPSA) is 43.4 Å². The average Bonchev–Trinajstić information content (AvgIpc) is 2.20. The summed E-state index contributed by atoms with van der Waals surface area (Å²) in [6.45, 7) is 4.48. The largest absolute Gasteiger partial charge is 0.435 e. The van der Waals surface area contributed by atoms with Gasteiger partial charge in [-0.3, -0.25) is 4.79 Å². The van der Waals surface area contributed by atoms with Gasteiger partial charge in [0.15, 0.2) is 0 Å². The summed E-state index contributed by atoms with van der Waals surface area (Å²) in [5.41, 5.74) is 0. The molecule has 0 unspecified atom stereocenters. The highest BCUT2D eigenvalue weighted by Crippen LogP contribution is 2.21. The van der Waals surface area contributed by atoms with Crippen molar-refractivity contribution >= 4 is 12.3 Å². The zero-order valence-electron chi connectivity index (χ0n) is 8.70. The summed E-state index contributed by atoms with van der Waals surface area (Å²) in [4.78, 5) is 19.9. The summed E-state index contributed by atoms with van der Waals surface area (Å²) in [6, 6.07) is 0. The molecule has 1 saturated carbocycles. The molecule has 3 nitrogen and oxygen atoms in total. The molecule has 0 amide bonds. The third kappa shape index (κ3) is 7.53. The second kappa shape index (κ2) is 8.48. The van der Waals surface area contributed by atoms with Gasteiger partial charge in [-0.25, -0.2) is 0 Å². The number of carbonyl (C=O) groups excluding carboxylic acids is 2. The van der Waals surface area contributed by atoms with Gasteiger partial charge in [-0.1, -0.05) is 25.8 Å². The second-order valence-corrected chi connectivity index (χ2v) is 3.31. The predicted octanol–water partition coefficient (Wildman–Crippen LogP) is 2.46. The first-order valence-electron chi connectivity index (χ1n) is 4.94. The van der Waals surface area contributed by atoms with Crippen molar-refractivity contribution in [2.24, 2.45) is 5.92 Å². The zero-order chi connectivity index (χ0) is 10.8. The third-order valence-electron chi connectivity index (χ3n) is 2.09. The Morgan fingerprint density at radius 1 is 1.36 bits per heavy atom. The Morgan fingerprint density at radius 2 is 1.93 bits per heavy atom. The Morgan fingerprint density at radius 3 is 2.14 bits per heavy atom. The van der Waals surface area contributed by atoms with Crippen LogP contribution in [0.15, 0.2) is 12.8 Å². The normalized spacial score (nSPS) is 16.1. The summed E-state index contributed by atoms with van der Waals surface area (Å²) < 4.78 is 4.17. The molecule has 0 aromatic carbocycles. The van der Waals surface area contributed by atoms with Crippen LogP contribution in [-0.4, -0.2) is 12.3 Å². The molecule has 1 aliphatic carbocycles. The maximum absolute atomic E-state index is 10.2. The van der Waals surface area contributed by atoms with Crippen molar-refractivity contribution < 1.29 is 14.3 Å². The molecule has 0 radical (unpaired) electrons. The lowest BCUT2D eigenvalue weighted by Gasteiger charge is -2.14. The van der Waals surface area contributed by atoms with E-state index in [-0.39, 0.29) is 5.97 Å². The number of carbonyl (C=O) groups is 2. The first kappa shape index (κ1) is 12.9. The van der Waals surface area contributed by atoms with Crippen LogP contribution < -0.4 is 0 Å². The van der Waals surface area contributed by atoms with Crippen LogP contribution in [0.3, 0.4) is 0 Å². The average molecular weight is 198 g/mol. The van der Waals surface area contributed by atoms with Crippen LogP contribution in [0.4, 0.5) is 0 Å². The fraction of sp³-hybridized carbons (Fsp3) is 0.636. The van der Waals surface area contributed by atoms with E-state index in [9.17, 15) is 9.59 Å². The molecule has 0 aromatic heterocycles. The molecule has 0 aromatic rings. The van der Waals surface area contributed by atoms with Crippen LogP contribution in [0.1, 0.15) is 39.0 Å². The van der Waals surface area contributed by atoms with Gasteiger partial charge in [0.05, 0.1) is 6.26 Å². The highest BCUT2D eigenvalue weighted by Gasteiger charge is 2.10. The highest BCUT2D eigenvalue weighted by atomic mass is 16.5. The van der Waals surface area contributed by atoms with Crippen LogP contribution in [-0.2, 0) is 14.3 Å². The maximum Gasteiger partial charge on any atom is 0.307 e. The summed E-state index contributed by atoms with van der Waals surface area (Å²) in [6.07, 6.45) is 8.37. The Balaban J connectivity index is 0.000000255. The number of esters is 1. The van der Waals surface area contributed by atoms with Crippen molar-refractivity contribution in [2.75, 3.05) is 0 Å². The highest BCUT2D eigenvalue weighted by molar-refractivity contribution is 5.66. The van der Waals surface area contributed by atoms with Crippen LogP contribution in [0.5, 0.6) is 0 Å². The summed E-state index contributed by atoms with van der Waals surface area (Å²) >= 11 is 0. The fourth-order valence-corrected chi connectivity index (χ4v) is 1.39. The van der Waals surface area contributed by atoms with Gasteiger partial charge in [0.25, 0.3) is 0 Å². The minimum Gasteiger partial charge on any atom is -0.435 e. The Kier molecular flexibility index (Phi) is 7.80. The molecule has 14 heavy (non-hydrogen) atoms. The zero-order valence-corrected chi connectivity index (χ0v) is 8.70. The number of hydrogen-bond donors (Lipinski definition) is 0. The van der Waals surface area contributed by atoms with Gasteiger partial charge in [0, 0.05) is 12.8 Å². The van der Waals surface area contributed by atoms with E-state index in [1.165, 1.54) is 26.2 Å². The first-order valence-corrected chi connectivity index (χ1v) is 4.94. The smallest absolute Gasteiger partial charge is 0.307 e. The molecule has 0 aliphatic heterocycles. The van der Waals surface area contributed by atoms with Crippen molar-refractivity contribution in [1.29, 1.82) is 0 Å². The molecule has 0 atom stereocenters. The van der Waals surface area contributed by atoms with E-state index >= 15 is 0 Å². The number of ether oxygens (including phenoxy) is 1. The molecule has 3 heteroatoms. The van der Waals surface area contributed by atoms with Gasteiger partial charge in [0.1, 0.15) is 6.29 Å². The Bertz CT molecular complexity index is 181. The summed E-state index contributed by atoms with van der Waals surface area (Å²) in [5, 5.41) is 0. The third-order valence-corrected chi connectivity index (χ3v) is 2.09. The Labute approximate surface area is 85.1 Å².